The van der Waals surface area contributed by atoms with Gasteiger partial charge in [-0.25, -0.2) is 4.99 Å². The molecule has 0 fully saturated rings. The van der Waals surface area contributed by atoms with Crippen LogP contribution in [0.5, 0.6) is 11.5 Å². The third kappa shape index (κ3) is 5.81. The predicted molar refractivity (Wildman–Crippen MR) is 111 cm³/mol. The average molecular weight is 453 g/mol. The van der Waals surface area contributed by atoms with Crippen molar-refractivity contribution in [3.05, 3.63) is 60.2 Å². The topological polar surface area (TPSA) is 54.9 Å². The summed E-state index contributed by atoms with van der Waals surface area (Å²) in [5, 5.41) is 6.58. The Morgan fingerprint density at radius 2 is 1.76 bits per heavy atom. The highest BCUT2D eigenvalue weighted by Gasteiger charge is 2.20. The number of fused-ring (bicyclic) bond motifs is 1. The molecule has 0 aliphatic carbocycles. The third-order valence-corrected chi connectivity index (χ3v) is 3.67. The molecule has 1 atom stereocenters. The summed E-state index contributed by atoms with van der Waals surface area (Å²) in [4.78, 5) is 4.61. The number of hydrogen-bond donors (Lipinski definition) is 2. The zero-order chi connectivity index (χ0) is 16.6. The Labute approximate surface area is 165 Å². The van der Waals surface area contributed by atoms with Gasteiger partial charge in [0.05, 0.1) is 13.1 Å². The summed E-state index contributed by atoms with van der Waals surface area (Å²) in [7, 11) is 0. The monoisotopic (exact) mass is 453 g/mol. The molecule has 0 aromatic heterocycles. The van der Waals surface area contributed by atoms with Crippen LogP contribution in [0.3, 0.4) is 0 Å². The van der Waals surface area contributed by atoms with Gasteiger partial charge in [0.2, 0.25) is 0 Å². The Kier molecular flexibility index (Phi) is 7.84. The van der Waals surface area contributed by atoms with Crippen molar-refractivity contribution >= 4 is 29.9 Å². The van der Waals surface area contributed by atoms with Crippen LogP contribution in [0, 0.1) is 0 Å². The molecule has 2 aromatic rings. The minimum Gasteiger partial charge on any atom is -0.486 e. The van der Waals surface area contributed by atoms with E-state index in [2.05, 4.69) is 34.7 Å². The van der Waals surface area contributed by atoms with Crippen molar-refractivity contribution in [2.75, 3.05) is 19.7 Å². The van der Waals surface area contributed by atoms with Gasteiger partial charge >= 0.3 is 0 Å². The molecular formula is C19H24IN3O2. The Hall–Kier alpha value is -1.96. The molecule has 1 unspecified atom stereocenters. The maximum absolute atomic E-state index is 5.95. The van der Waals surface area contributed by atoms with Crippen LogP contribution in [0.4, 0.5) is 0 Å². The molecule has 2 N–H and O–H groups in total. The van der Waals surface area contributed by atoms with Crippen LogP contribution in [0.15, 0.2) is 59.6 Å². The summed E-state index contributed by atoms with van der Waals surface area (Å²) < 4.78 is 11.7. The number of para-hydroxylation sites is 2. The summed E-state index contributed by atoms with van der Waals surface area (Å²) in [6.07, 6.45) is -0.0412. The lowest BCUT2D eigenvalue weighted by atomic mass is 10.2. The number of ether oxygens (including phenoxy) is 2. The maximum Gasteiger partial charge on any atom is 0.191 e. The van der Waals surface area contributed by atoms with Gasteiger partial charge in [-0.05, 0) is 24.6 Å². The van der Waals surface area contributed by atoms with Crippen LogP contribution in [0.25, 0.3) is 0 Å². The molecule has 0 radical (unpaired) electrons. The lowest BCUT2D eigenvalue weighted by molar-refractivity contribution is 0.0936. The molecule has 0 bridgehead atoms. The van der Waals surface area contributed by atoms with Crippen molar-refractivity contribution < 1.29 is 9.47 Å². The first kappa shape index (κ1) is 19.4. The Bertz CT molecular complexity index is 679. The summed E-state index contributed by atoms with van der Waals surface area (Å²) in [6.45, 7) is 4.67. The van der Waals surface area contributed by atoms with E-state index in [1.54, 1.807) is 0 Å². The molecule has 0 saturated carbocycles. The highest BCUT2D eigenvalue weighted by atomic mass is 127. The molecule has 0 amide bonds. The lowest BCUT2D eigenvalue weighted by Crippen LogP contribution is -2.45. The van der Waals surface area contributed by atoms with Gasteiger partial charge in [0.25, 0.3) is 0 Å². The predicted octanol–water partition coefficient (Wildman–Crippen LogP) is 3.20. The smallest absolute Gasteiger partial charge is 0.191 e. The second-order valence-corrected chi connectivity index (χ2v) is 5.56. The molecule has 5 nitrogen and oxygen atoms in total. The van der Waals surface area contributed by atoms with Gasteiger partial charge in [0.15, 0.2) is 17.5 Å². The average Bonchev–Trinajstić information content (AvgIpc) is 2.64. The van der Waals surface area contributed by atoms with Gasteiger partial charge in [0.1, 0.15) is 12.7 Å². The maximum atomic E-state index is 5.95. The van der Waals surface area contributed by atoms with E-state index in [0.29, 0.717) is 19.7 Å². The van der Waals surface area contributed by atoms with Gasteiger partial charge < -0.3 is 20.1 Å². The number of hydrogen-bond acceptors (Lipinski definition) is 3. The molecule has 3 rings (SSSR count). The van der Waals surface area contributed by atoms with E-state index in [1.807, 2.05) is 42.5 Å². The number of aliphatic imine (C=N–C) groups is 1. The SMILES string of the molecule is CCNC(=NCc1ccccc1)NCC1COc2ccccc2O1.I. The van der Waals surface area contributed by atoms with E-state index in [0.717, 1.165) is 24.0 Å². The van der Waals surface area contributed by atoms with Crippen LogP contribution < -0.4 is 20.1 Å². The molecule has 25 heavy (non-hydrogen) atoms. The first-order valence-electron chi connectivity index (χ1n) is 8.29. The zero-order valence-electron chi connectivity index (χ0n) is 14.3. The molecule has 1 aliphatic heterocycles. The summed E-state index contributed by atoms with van der Waals surface area (Å²) >= 11 is 0. The molecule has 134 valence electrons. The molecule has 0 spiro atoms. The van der Waals surface area contributed by atoms with Crippen LogP contribution in [-0.4, -0.2) is 31.8 Å². The van der Waals surface area contributed by atoms with Crippen molar-refractivity contribution in [1.29, 1.82) is 0 Å². The van der Waals surface area contributed by atoms with Crippen LogP contribution in [0.2, 0.25) is 0 Å². The largest absolute Gasteiger partial charge is 0.486 e. The number of nitrogens with zero attached hydrogens (tertiary/aromatic N) is 1. The van der Waals surface area contributed by atoms with Crippen molar-refractivity contribution in [3.8, 4) is 11.5 Å². The van der Waals surface area contributed by atoms with Crippen LogP contribution in [-0.2, 0) is 6.54 Å². The number of guanidine groups is 1. The number of rotatable bonds is 5. The van der Waals surface area contributed by atoms with E-state index < -0.39 is 0 Å². The fourth-order valence-electron chi connectivity index (χ4n) is 2.47. The third-order valence-electron chi connectivity index (χ3n) is 3.67. The second-order valence-electron chi connectivity index (χ2n) is 5.56. The van der Waals surface area contributed by atoms with Crippen LogP contribution >= 0.6 is 24.0 Å². The Balaban J connectivity index is 0.00000225. The van der Waals surface area contributed by atoms with Gasteiger partial charge in [0, 0.05) is 6.54 Å². The van der Waals surface area contributed by atoms with E-state index >= 15 is 0 Å². The quantitative estimate of drug-likeness (QED) is 0.415. The minimum atomic E-state index is -0.0412. The molecule has 1 heterocycles. The van der Waals surface area contributed by atoms with E-state index in [9.17, 15) is 0 Å². The highest BCUT2D eigenvalue weighted by Crippen LogP contribution is 2.30. The molecule has 2 aromatic carbocycles. The van der Waals surface area contributed by atoms with Crippen molar-refractivity contribution in [3.63, 3.8) is 0 Å². The number of nitrogens with one attached hydrogen (secondary N) is 2. The van der Waals surface area contributed by atoms with Crippen molar-refractivity contribution in [2.24, 2.45) is 4.99 Å². The molecule has 0 saturated heterocycles. The number of benzene rings is 2. The summed E-state index contributed by atoms with van der Waals surface area (Å²) in [5.74, 6) is 2.38. The lowest BCUT2D eigenvalue weighted by Gasteiger charge is -2.27. The number of halogens is 1. The van der Waals surface area contributed by atoms with E-state index in [1.165, 1.54) is 5.56 Å². The van der Waals surface area contributed by atoms with Gasteiger partial charge in [-0.2, -0.15) is 0 Å². The summed E-state index contributed by atoms with van der Waals surface area (Å²) in [5.41, 5.74) is 1.18. The zero-order valence-corrected chi connectivity index (χ0v) is 16.6. The summed E-state index contributed by atoms with van der Waals surface area (Å²) in [6, 6.07) is 17.9. The normalized spacial score (nSPS) is 15.9. The Morgan fingerprint density at radius 3 is 2.52 bits per heavy atom. The van der Waals surface area contributed by atoms with Gasteiger partial charge in [-0.3, -0.25) is 0 Å². The van der Waals surface area contributed by atoms with Gasteiger partial charge in [-0.15, -0.1) is 24.0 Å². The second kappa shape index (κ2) is 10.1. The van der Waals surface area contributed by atoms with Gasteiger partial charge in [-0.1, -0.05) is 42.5 Å². The molecule has 1 aliphatic rings. The van der Waals surface area contributed by atoms with E-state index in [4.69, 9.17) is 9.47 Å². The first-order valence-corrected chi connectivity index (χ1v) is 8.29. The van der Waals surface area contributed by atoms with Crippen molar-refractivity contribution in [2.45, 2.75) is 19.6 Å². The first-order chi connectivity index (χ1) is 11.8. The highest BCUT2D eigenvalue weighted by molar-refractivity contribution is 14.0. The molecule has 6 heteroatoms. The standard InChI is InChI=1S/C19H23N3O2.HI/c1-2-20-19(21-12-15-8-4-3-5-9-15)22-13-16-14-23-17-10-6-7-11-18(17)24-16;/h3-11,16H,2,12-14H2,1H3,(H2,20,21,22);1H. The fourth-order valence-corrected chi connectivity index (χ4v) is 2.47. The Morgan fingerprint density at radius 1 is 1.04 bits per heavy atom. The fraction of sp³-hybridized carbons (Fsp3) is 0.316. The van der Waals surface area contributed by atoms with E-state index in [-0.39, 0.29) is 30.1 Å². The molecular weight excluding hydrogens is 429 g/mol. The van der Waals surface area contributed by atoms with Crippen molar-refractivity contribution in [1.82, 2.24) is 10.6 Å². The van der Waals surface area contributed by atoms with Crippen LogP contribution in [0.1, 0.15) is 12.5 Å². The minimum absolute atomic E-state index is 0.